The van der Waals surface area contributed by atoms with Gasteiger partial charge in [0.1, 0.15) is 0 Å². The Morgan fingerprint density at radius 2 is 1.64 bits per heavy atom. The van der Waals surface area contributed by atoms with Crippen molar-refractivity contribution in [3.8, 4) is 0 Å². The van der Waals surface area contributed by atoms with E-state index in [1.165, 1.54) is 0 Å². The van der Waals surface area contributed by atoms with Crippen LogP contribution in [0.15, 0.2) is 42.5 Å². The van der Waals surface area contributed by atoms with Gasteiger partial charge in [-0.05, 0) is 30.8 Å². The molecule has 0 radical (unpaired) electrons. The number of halogens is 2. The molecular weight excluding hydrogens is 357 g/mol. The van der Waals surface area contributed by atoms with E-state index in [-0.39, 0.29) is 5.91 Å². The first-order chi connectivity index (χ1) is 12.0. The number of carbonyl (C=O) groups excluding carboxylic acids is 1. The fraction of sp³-hybridized carbons (Fsp3) is 0.316. The lowest BCUT2D eigenvalue weighted by molar-refractivity contribution is -0.117. The van der Waals surface area contributed by atoms with Gasteiger partial charge in [0, 0.05) is 12.2 Å². The second-order valence-electron chi connectivity index (χ2n) is 5.66. The highest BCUT2D eigenvalue weighted by atomic mass is 35.5. The standard InChI is InChI=1S/C19H23Cl2N3O/c1-3-24(4-2)13-18(25)23-19-16(20)10-15(11-17(19)21)22-12-14-8-6-5-7-9-14/h5-11,22H,3-4,12-13H2,1-2H3,(H,23,25). The first-order valence-corrected chi connectivity index (χ1v) is 9.08. The maximum absolute atomic E-state index is 12.2. The van der Waals surface area contributed by atoms with E-state index in [9.17, 15) is 4.79 Å². The SMILES string of the molecule is CCN(CC)CC(=O)Nc1c(Cl)cc(NCc2ccccc2)cc1Cl. The van der Waals surface area contributed by atoms with Crippen molar-refractivity contribution < 1.29 is 4.79 Å². The number of nitrogens with zero attached hydrogens (tertiary/aromatic N) is 1. The number of hydrogen-bond donors (Lipinski definition) is 2. The summed E-state index contributed by atoms with van der Waals surface area (Å²) in [6.07, 6.45) is 0. The summed E-state index contributed by atoms with van der Waals surface area (Å²) in [7, 11) is 0. The van der Waals surface area contributed by atoms with Crippen LogP contribution in [-0.4, -0.2) is 30.4 Å². The lowest BCUT2D eigenvalue weighted by Crippen LogP contribution is -2.33. The Bertz CT molecular complexity index is 680. The number of amides is 1. The summed E-state index contributed by atoms with van der Waals surface area (Å²) in [5, 5.41) is 6.92. The predicted octanol–water partition coefficient (Wildman–Crippen LogP) is 4.89. The Labute approximate surface area is 159 Å². The molecule has 2 aromatic rings. The minimum absolute atomic E-state index is 0.127. The van der Waals surface area contributed by atoms with Crippen LogP contribution in [0.1, 0.15) is 19.4 Å². The van der Waals surface area contributed by atoms with Gasteiger partial charge in [-0.3, -0.25) is 9.69 Å². The molecule has 0 unspecified atom stereocenters. The molecule has 0 saturated heterocycles. The lowest BCUT2D eigenvalue weighted by Gasteiger charge is -2.18. The van der Waals surface area contributed by atoms with Crippen LogP contribution in [0.5, 0.6) is 0 Å². The molecular formula is C19H23Cl2N3O. The van der Waals surface area contributed by atoms with Gasteiger partial charge in [-0.25, -0.2) is 0 Å². The third kappa shape index (κ3) is 5.92. The number of benzene rings is 2. The number of nitrogens with one attached hydrogen (secondary N) is 2. The third-order valence-electron chi connectivity index (χ3n) is 3.91. The van der Waals surface area contributed by atoms with Gasteiger partial charge >= 0.3 is 0 Å². The van der Waals surface area contributed by atoms with Crippen molar-refractivity contribution >= 4 is 40.5 Å². The van der Waals surface area contributed by atoms with E-state index in [4.69, 9.17) is 23.2 Å². The van der Waals surface area contributed by atoms with Crippen molar-refractivity contribution in [2.75, 3.05) is 30.3 Å². The molecule has 0 spiro atoms. The maximum Gasteiger partial charge on any atom is 0.238 e. The van der Waals surface area contributed by atoms with Gasteiger partial charge in [0.25, 0.3) is 0 Å². The van der Waals surface area contributed by atoms with Crippen molar-refractivity contribution in [2.24, 2.45) is 0 Å². The number of anilines is 2. The van der Waals surface area contributed by atoms with Crippen LogP contribution in [0, 0.1) is 0 Å². The van der Waals surface area contributed by atoms with E-state index in [1.807, 2.05) is 49.1 Å². The largest absolute Gasteiger partial charge is 0.381 e. The average Bonchev–Trinajstić information content (AvgIpc) is 2.62. The first kappa shape index (κ1) is 19.6. The van der Waals surface area contributed by atoms with Gasteiger partial charge in [0.15, 0.2) is 0 Å². The van der Waals surface area contributed by atoms with Crippen LogP contribution in [-0.2, 0) is 11.3 Å². The Morgan fingerprint density at radius 3 is 2.20 bits per heavy atom. The molecule has 0 fully saturated rings. The minimum atomic E-state index is -0.127. The molecule has 0 aliphatic carbocycles. The van der Waals surface area contributed by atoms with E-state index >= 15 is 0 Å². The second-order valence-corrected chi connectivity index (χ2v) is 6.48. The van der Waals surface area contributed by atoms with Crippen LogP contribution in [0.2, 0.25) is 10.0 Å². The molecule has 4 nitrogen and oxygen atoms in total. The molecule has 1 amide bonds. The van der Waals surface area contributed by atoms with Crippen LogP contribution in [0.25, 0.3) is 0 Å². The quantitative estimate of drug-likeness (QED) is 0.686. The molecule has 134 valence electrons. The van der Waals surface area contributed by atoms with Crippen LogP contribution in [0.3, 0.4) is 0 Å². The Balaban J connectivity index is 2.02. The molecule has 25 heavy (non-hydrogen) atoms. The summed E-state index contributed by atoms with van der Waals surface area (Å²) in [5.74, 6) is -0.127. The number of hydrogen-bond acceptors (Lipinski definition) is 3. The van der Waals surface area contributed by atoms with Gasteiger partial charge in [0.05, 0.1) is 22.3 Å². The van der Waals surface area contributed by atoms with Crippen LogP contribution in [0.4, 0.5) is 11.4 Å². The van der Waals surface area contributed by atoms with Crippen molar-refractivity contribution in [1.82, 2.24) is 4.90 Å². The van der Waals surface area contributed by atoms with E-state index in [0.29, 0.717) is 28.8 Å². The molecule has 2 aromatic carbocycles. The molecule has 0 bridgehead atoms. The zero-order valence-corrected chi connectivity index (χ0v) is 16.0. The summed E-state index contributed by atoms with van der Waals surface area (Å²) >= 11 is 12.6. The highest BCUT2D eigenvalue weighted by Gasteiger charge is 2.13. The molecule has 0 atom stereocenters. The van der Waals surface area contributed by atoms with Crippen molar-refractivity contribution in [1.29, 1.82) is 0 Å². The fourth-order valence-electron chi connectivity index (χ4n) is 2.42. The minimum Gasteiger partial charge on any atom is -0.381 e. The number of rotatable bonds is 8. The zero-order chi connectivity index (χ0) is 18.2. The Hall–Kier alpha value is -1.75. The predicted molar refractivity (Wildman–Crippen MR) is 107 cm³/mol. The highest BCUT2D eigenvalue weighted by molar-refractivity contribution is 6.40. The molecule has 0 aromatic heterocycles. The normalized spacial score (nSPS) is 10.8. The van der Waals surface area contributed by atoms with Gasteiger partial charge in [-0.2, -0.15) is 0 Å². The van der Waals surface area contributed by atoms with Gasteiger partial charge in [-0.1, -0.05) is 67.4 Å². The van der Waals surface area contributed by atoms with Gasteiger partial charge < -0.3 is 10.6 Å². The highest BCUT2D eigenvalue weighted by Crippen LogP contribution is 2.34. The summed E-state index contributed by atoms with van der Waals surface area (Å²) in [6, 6.07) is 13.6. The van der Waals surface area contributed by atoms with Crippen LogP contribution >= 0.6 is 23.2 Å². The van der Waals surface area contributed by atoms with E-state index < -0.39 is 0 Å². The van der Waals surface area contributed by atoms with Crippen molar-refractivity contribution in [3.63, 3.8) is 0 Å². The third-order valence-corrected chi connectivity index (χ3v) is 4.50. The monoisotopic (exact) mass is 379 g/mol. The Morgan fingerprint density at radius 1 is 1.04 bits per heavy atom. The van der Waals surface area contributed by atoms with E-state index in [2.05, 4.69) is 10.6 Å². The average molecular weight is 380 g/mol. The summed E-state index contributed by atoms with van der Waals surface area (Å²) in [5.41, 5.74) is 2.41. The second kappa shape index (κ2) is 9.66. The smallest absolute Gasteiger partial charge is 0.238 e. The molecule has 0 aliphatic heterocycles. The lowest BCUT2D eigenvalue weighted by atomic mass is 10.2. The molecule has 0 heterocycles. The summed E-state index contributed by atoms with van der Waals surface area (Å²) in [4.78, 5) is 14.2. The van der Waals surface area contributed by atoms with E-state index in [0.717, 1.165) is 24.3 Å². The van der Waals surface area contributed by atoms with Crippen molar-refractivity contribution in [3.05, 3.63) is 58.1 Å². The molecule has 2 N–H and O–H groups in total. The summed E-state index contributed by atoms with van der Waals surface area (Å²) in [6.45, 7) is 6.64. The summed E-state index contributed by atoms with van der Waals surface area (Å²) < 4.78 is 0. The van der Waals surface area contributed by atoms with Crippen LogP contribution < -0.4 is 10.6 Å². The van der Waals surface area contributed by atoms with E-state index in [1.54, 1.807) is 12.1 Å². The maximum atomic E-state index is 12.2. The van der Waals surface area contributed by atoms with Gasteiger partial charge in [0.2, 0.25) is 5.91 Å². The van der Waals surface area contributed by atoms with Crippen molar-refractivity contribution in [2.45, 2.75) is 20.4 Å². The topological polar surface area (TPSA) is 44.4 Å². The molecule has 0 saturated carbocycles. The molecule has 2 rings (SSSR count). The number of carbonyl (C=O) groups is 1. The first-order valence-electron chi connectivity index (χ1n) is 8.32. The number of likely N-dealkylation sites (N-methyl/N-ethyl adjacent to an activating group) is 1. The van der Waals surface area contributed by atoms with Gasteiger partial charge in [-0.15, -0.1) is 0 Å². The molecule has 6 heteroatoms. The molecule has 0 aliphatic rings. The zero-order valence-electron chi connectivity index (χ0n) is 14.5. The fourth-order valence-corrected chi connectivity index (χ4v) is 3.01. The Kier molecular flexibility index (Phi) is 7.56.